The predicted molar refractivity (Wildman–Crippen MR) is 74.3 cm³/mol. The third-order valence-electron chi connectivity index (χ3n) is 2.40. The molecule has 0 bridgehead atoms. The van der Waals surface area contributed by atoms with Crippen LogP contribution in [0.5, 0.6) is 0 Å². The van der Waals surface area contributed by atoms with Crippen molar-refractivity contribution in [3.8, 4) is 0 Å². The van der Waals surface area contributed by atoms with Crippen molar-refractivity contribution in [1.29, 1.82) is 0 Å². The molecule has 0 unspecified atom stereocenters. The van der Waals surface area contributed by atoms with E-state index in [9.17, 15) is 9.18 Å². The SMILES string of the molecule is O=C(Nc1cccc(F)c1Br)OCc1ccccc1. The summed E-state index contributed by atoms with van der Waals surface area (Å²) in [6.45, 7) is 0.166. The number of nitrogens with one attached hydrogen (secondary N) is 1. The van der Waals surface area contributed by atoms with Crippen molar-refractivity contribution < 1.29 is 13.9 Å². The van der Waals surface area contributed by atoms with Gasteiger partial charge in [-0.1, -0.05) is 36.4 Å². The third-order valence-corrected chi connectivity index (χ3v) is 3.21. The summed E-state index contributed by atoms with van der Waals surface area (Å²) in [5.41, 5.74) is 1.22. The highest BCUT2D eigenvalue weighted by atomic mass is 79.9. The maximum Gasteiger partial charge on any atom is 0.411 e. The zero-order valence-corrected chi connectivity index (χ0v) is 11.5. The molecule has 5 heteroatoms. The van der Waals surface area contributed by atoms with E-state index in [2.05, 4.69) is 21.2 Å². The van der Waals surface area contributed by atoms with Gasteiger partial charge >= 0.3 is 6.09 Å². The molecule has 0 fully saturated rings. The number of ether oxygens (including phenoxy) is 1. The van der Waals surface area contributed by atoms with E-state index in [0.29, 0.717) is 5.69 Å². The number of carbonyl (C=O) groups is 1. The van der Waals surface area contributed by atoms with Crippen LogP contribution >= 0.6 is 15.9 Å². The lowest BCUT2D eigenvalue weighted by molar-refractivity contribution is 0.155. The first-order valence-corrected chi connectivity index (χ1v) is 6.38. The highest BCUT2D eigenvalue weighted by Gasteiger charge is 2.09. The van der Waals surface area contributed by atoms with Crippen LogP contribution in [0.2, 0.25) is 0 Å². The summed E-state index contributed by atoms with van der Waals surface area (Å²) in [6, 6.07) is 13.7. The molecule has 1 N–H and O–H groups in total. The molecule has 3 nitrogen and oxygen atoms in total. The van der Waals surface area contributed by atoms with Crippen molar-refractivity contribution >= 4 is 27.7 Å². The molecule has 2 aromatic carbocycles. The summed E-state index contributed by atoms with van der Waals surface area (Å²) in [4.78, 5) is 11.6. The van der Waals surface area contributed by atoms with Crippen LogP contribution in [0.25, 0.3) is 0 Å². The fraction of sp³-hybridized carbons (Fsp3) is 0.0714. The number of hydrogen-bond donors (Lipinski definition) is 1. The highest BCUT2D eigenvalue weighted by Crippen LogP contribution is 2.25. The van der Waals surface area contributed by atoms with Gasteiger partial charge in [-0.3, -0.25) is 5.32 Å². The molecule has 1 amide bonds. The standard InChI is InChI=1S/C14H11BrFNO2/c15-13-11(16)7-4-8-12(13)17-14(18)19-9-10-5-2-1-3-6-10/h1-8H,9H2,(H,17,18). The number of carbonyl (C=O) groups excluding carboxylic acids is 1. The second kappa shape index (κ2) is 6.33. The van der Waals surface area contributed by atoms with Gasteiger partial charge in [-0.2, -0.15) is 0 Å². The minimum atomic E-state index is -0.629. The van der Waals surface area contributed by atoms with E-state index in [1.165, 1.54) is 12.1 Å². The molecule has 19 heavy (non-hydrogen) atoms. The summed E-state index contributed by atoms with van der Waals surface area (Å²) < 4.78 is 18.5. The molecule has 98 valence electrons. The minimum absolute atomic E-state index is 0.166. The Labute approximate surface area is 118 Å². The van der Waals surface area contributed by atoms with Crippen LogP contribution in [0.15, 0.2) is 53.0 Å². The van der Waals surface area contributed by atoms with E-state index in [1.54, 1.807) is 6.07 Å². The van der Waals surface area contributed by atoms with Gasteiger partial charge in [-0.05, 0) is 33.6 Å². The molecule has 0 spiro atoms. The second-order valence-corrected chi connectivity index (χ2v) is 4.58. The molecule has 0 atom stereocenters. The smallest absolute Gasteiger partial charge is 0.411 e. The Bertz CT molecular complexity index is 575. The van der Waals surface area contributed by atoms with Crippen molar-refractivity contribution in [1.82, 2.24) is 0 Å². The normalized spacial score (nSPS) is 10.0. The Kier molecular flexibility index (Phi) is 4.52. The highest BCUT2D eigenvalue weighted by molar-refractivity contribution is 9.10. The van der Waals surface area contributed by atoms with Crippen molar-refractivity contribution in [3.63, 3.8) is 0 Å². The zero-order valence-electron chi connectivity index (χ0n) is 9.90. The van der Waals surface area contributed by atoms with E-state index in [1.807, 2.05) is 30.3 Å². The molecule has 0 aliphatic rings. The van der Waals surface area contributed by atoms with Crippen molar-refractivity contribution in [3.05, 3.63) is 64.4 Å². The molecule has 0 heterocycles. The molecule has 2 rings (SSSR count). The molecular weight excluding hydrogens is 313 g/mol. The summed E-state index contributed by atoms with van der Waals surface area (Å²) >= 11 is 3.06. The number of rotatable bonds is 3. The Morgan fingerprint density at radius 3 is 2.63 bits per heavy atom. The van der Waals surface area contributed by atoms with Gasteiger partial charge in [-0.25, -0.2) is 9.18 Å². The first-order chi connectivity index (χ1) is 9.16. The van der Waals surface area contributed by atoms with Gasteiger partial charge in [0.15, 0.2) is 0 Å². The third kappa shape index (κ3) is 3.79. The van der Waals surface area contributed by atoms with E-state index >= 15 is 0 Å². The maximum absolute atomic E-state index is 13.2. The number of benzene rings is 2. The van der Waals surface area contributed by atoms with Crippen molar-refractivity contribution in [2.45, 2.75) is 6.61 Å². The fourth-order valence-corrected chi connectivity index (χ4v) is 1.83. The van der Waals surface area contributed by atoms with Crippen LogP contribution in [0.3, 0.4) is 0 Å². The first kappa shape index (κ1) is 13.5. The van der Waals surface area contributed by atoms with Gasteiger partial charge in [0.05, 0.1) is 10.2 Å². The lowest BCUT2D eigenvalue weighted by Crippen LogP contribution is -2.14. The van der Waals surface area contributed by atoms with Gasteiger partial charge in [0.25, 0.3) is 0 Å². The molecule has 0 saturated carbocycles. The van der Waals surface area contributed by atoms with E-state index < -0.39 is 11.9 Å². The quantitative estimate of drug-likeness (QED) is 0.912. The molecule has 0 saturated heterocycles. The molecule has 2 aromatic rings. The minimum Gasteiger partial charge on any atom is -0.444 e. The van der Waals surface area contributed by atoms with Gasteiger partial charge in [0.2, 0.25) is 0 Å². The average molecular weight is 324 g/mol. The lowest BCUT2D eigenvalue weighted by atomic mass is 10.2. The van der Waals surface area contributed by atoms with Crippen LogP contribution in [0, 0.1) is 5.82 Å². The monoisotopic (exact) mass is 323 g/mol. The van der Waals surface area contributed by atoms with Gasteiger partial charge in [0, 0.05) is 0 Å². The number of amides is 1. The largest absolute Gasteiger partial charge is 0.444 e. The molecular formula is C14H11BrFNO2. The van der Waals surface area contributed by atoms with Gasteiger partial charge in [0.1, 0.15) is 12.4 Å². The predicted octanol–water partition coefficient (Wildman–Crippen LogP) is 4.34. The van der Waals surface area contributed by atoms with Crippen LogP contribution in [0.4, 0.5) is 14.9 Å². The molecule has 0 aliphatic carbocycles. The summed E-state index contributed by atoms with van der Waals surface area (Å²) in [5, 5.41) is 2.47. The Morgan fingerprint density at radius 2 is 1.89 bits per heavy atom. The average Bonchev–Trinajstić information content (AvgIpc) is 2.43. The number of anilines is 1. The second-order valence-electron chi connectivity index (χ2n) is 3.79. The van der Waals surface area contributed by atoms with Crippen LogP contribution in [-0.2, 0) is 11.3 Å². The molecule has 0 radical (unpaired) electrons. The zero-order chi connectivity index (χ0) is 13.7. The number of halogens is 2. The van der Waals surface area contributed by atoms with E-state index in [-0.39, 0.29) is 11.1 Å². The fourth-order valence-electron chi connectivity index (χ4n) is 1.47. The molecule has 0 aromatic heterocycles. The Morgan fingerprint density at radius 1 is 1.16 bits per heavy atom. The van der Waals surface area contributed by atoms with Crippen LogP contribution < -0.4 is 5.32 Å². The van der Waals surface area contributed by atoms with E-state index in [0.717, 1.165) is 5.56 Å². The molecule has 0 aliphatic heterocycles. The van der Waals surface area contributed by atoms with Crippen molar-refractivity contribution in [2.75, 3.05) is 5.32 Å². The van der Waals surface area contributed by atoms with Crippen LogP contribution in [0.1, 0.15) is 5.56 Å². The summed E-state index contributed by atoms with van der Waals surface area (Å²) in [5.74, 6) is -0.444. The Hall–Kier alpha value is -1.88. The summed E-state index contributed by atoms with van der Waals surface area (Å²) in [6.07, 6.45) is -0.629. The maximum atomic E-state index is 13.2. The topological polar surface area (TPSA) is 38.3 Å². The van der Waals surface area contributed by atoms with Crippen LogP contribution in [-0.4, -0.2) is 6.09 Å². The van der Waals surface area contributed by atoms with Gasteiger partial charge in [-0.15, -0.1) is 0 Å². The van der Waals surface area contributed by atoms with E-state index in [4.69, 9.17) is 4.74 Å². The first-order valence-electron chi connectivity index (χ1n) is 5.58. The Balaban J connectivity index is 1.93. The van der Waals surface area contributed by atoms with Gasteiger partial charge < -0.3 is 4.74 Å². The lowest BCUT2D eigenvalue weighted by Gasteiger charge is -2.08. The number of hydrogen-bond acceptors (Lipinski definition) is 2. The van der Waals surface area contributed by atoms with Crippen molar-refractivity contribution in [2.24, 2.45) is 0 Å². The summed E-state index contributed by atoms with van der Waals surface area (Å²) in [7, 11) is 0.